The molecular formula is C33H48ClN3O4. The minimum Gasteiger partial charge on any atom is -0.444 e. The maximum atomic E-state index is 14.7. The first kappa shape index (κ1) is 34.1. The maximum absolute atomic E-state index is 14.7. The summed E-state index contributed by atoms with van der Waals surface area (Å²) in [5, 5.41) is 6.28. The van der Waals surface area contributed by atoms with Crippen LogP contribution in [-0.2, 0) is 14.3 Å². The van der Waals surface area contributed by atoms with Crippen molar-refractivity contribution >= 4 is 35.2 Å². The van der Waals surface area contributed by atoms with Crippen LogP contribution in [0.15, 0.2) is 36.4 Å². The third-order valence-electron chi connectivity index (χ3n) is 7.82. The van der Waals surface area contributed by atoms with Crippen LogP contribution in [0.4, 0.5) is 10.5 Å². The second kappa shape index (κ2) is 13.7. The Morgan fingerprint density at radius 2 is 1.54 bits per heavy atom. The molecule has 0 saturated carbocycles. The number of carbonyl (C=O) groups is 3. The average molecular weight is 586 g/mol. The fourth-order valence-corrected chi connectivity index (χ4v) is 4.93. The number of benzene rings is 2. The van der Waals surface area contributed by atoms with Gasteiger partial charge in [0.2, 0.25) is 5.91 Å². The number of hydrogen-bond donors (Lipinski definition) is 2. The standard InChI is InChI=1S/C33H48ClN3O4/c1-12-20(3)27(36-31(40)41-32(7,8)9)30(39)37(33(10,11)13-2)28(24-18-14-16-21(4)23(24)6)29(38)35-26-22(5)17-15-19-25(26)34/h14-20,27-28H,12-13H2,1-11H3,(H,35,38)(H,36,40). The number of hydrogen-bond acceptors (Lipinski definition) is 4. The van der Waals surface area contributed by atoms with Crippen LogP contribution in [0.3, 0.4) is 0 Å². The third-order valence-corrected chi connectivity index (χ3v) is 8.14. The highest BCUT2D eigenvalue weighted by Crippen LogP contribution is 2.37. The summed E-state index contributed by atoms with van der Waals surface area (Å²) in [6, 6.07) is 9.27. The van der Waals surface area contributed by atoms with Crippen molar-refractivity contribution in [1.29, 1.82) is 0 Å². The quantitative estimate of drug-likeness (QED) is 0.296. The van der Waals surface area contributed by atoms with Gasteiger partial charge in [-0.15, -0.1) is 0 Å². The van der Waals surface area contributed by atoms with E-state index >= 15 is 0 Å². The maximum Gasteiger partial charge on any atom is 0.408 e. The van der Waals surface area contributed by atoms with Crippen molar-refractivity contribution in [2.75, 3.05) is 5.32 Å². The molecule has 0 aromatic heterocycles. The highest BCUT2D eigenvalue weighted by atomic mass is 35.5. The summed E-state index contributed by atoms with van der Waals surface area (Å²) in [5.41, 5.74) is 2.44. The summed E-state index contributed by atoms with van der Waals surface area (Å²) in [4.78, 5) is 43.7. The number of ether oxygens (including phenoxy) is 1. The number of halogens is 1. The Morgan fingerprint density at radius 1 is 0.951 bits per heavy atom. The molecule has 7 nitrogen and oxygen atoms in total. The minimum absolute atomic E-state index is 0.224. The lowest BCUT2D eigenvalue weighted by molar-refractivity contribution is -0.148. The van der Waals surface area contributed by atoms with Gasteiger partial charge < -0.3 is 20.3 Å². The van der Waals surface area contributed by atoms with E-state index in [1.54, 1.807) is 31.7 Å². The second-order valence-electron chi connectivity index (χ2n) is 12.5. The lowest BCUT2D eigenvalue weighted by Crippen LogP contribution is -2.60. The van der Waals surface area contributed by atoms with E-state index in [1.807, 2.05) is 85.7 Å². The number of anilines is 1. The average Bonchev–Trinajstić information content (AvgIpc) is 2.87. The Morgan fingerprint density at radius 3 is 2.07 bits per heavy atom. The van der Waals surface area contributed by atoms with Crippen molar-refractivity contribution in [3.8, 4) is 0 Å². The Labute approximate surface area is 251 Å². The van der Waals surface area contributed by atoms with E-state index in [-0.39, 0.29) is 17.7 Å². The zero-order valence-electron chi connectivity index (χ0n) is 26.6. The normalized spacial score (nSPS) is 14.0. The van der Waals surface area contributed by atoms with Crippen LogP contribution >= 0.6 is 11.6 Å². The largest absolute Gasteiger partial charge is 0.444 e. The van der Waals surface area contributed by atoms with Gasteiger partial charge in [0, 0.05) is 5.54 Å². The van der Waals surface area contributed by atoms with Crippen LogP contribution in [0, 0.1) is 26.7 Å². The Hall–Kier alpha value is -3.06. The van der Waals surface area contributed by atoms with Crippen molar-refractivity contribution in [3.63, 3.8) is 0 Å². The Balaban J connectivity index is 2.77. The van der Waals surface area contributed by atoms with Crippen LogP contribution < -0.4 is 10.6 Å². The number of para-hydroxylation sites is 1. The van der Waals surface area contributed by atoms with E-state index < -0.39 is 29.3 Å². The fourth-order valence-electron chi connectivity index (χ4n) is 4.66. The zero-order valence-corrected chi connectivity index (χ0v) is 27.3. The summed E-state index contributed by atoms with van der Waals surface area (Å²) in [6.45, 7) is 20.9. The molecule has 3 unspecified atom stereocenters. The van der Waals surface area contributed by atoms with E-state index in [9.17, 15) is 14.4 Å². The van der Waals surface area contributed by atoms with E-state index in [1.165, 1.54) is 0 Å². The first-order valence-electron chi connectivity index (χ1n) is 14.4. The molecule has 2 aromatic rings. The topological polar surface area (TPSA) is 87.7 Å². The van der Waals surface area contributed by atoms with E-state index in [2.05, 4.69) is 10.6 Å². The van der Waals surface area contributed by atoms with Crippen LogP contribution in [0.25, 0.3) is 0 Å². The van der Waals surface area contributed by atoms with Gasteiger partial charge in [-0.05, 0) is 96.0 Å². The second-order valence-corrected chi connectivity index (χ2v) is 12.9. The van der Waals surface area contributed by atoms with Crippen LogP contribution in [0.1, 0.15) is 96.5 Å². The molecule has 3 amide bonds. The van der Waals surface area contributed by atoms with Crippen molar-refractivity contribution in [3.05, 3.63) is 63.7 Å². The molecule has 0 bridgehead atoms. The van der Waals surface area contributed by atoms with E-state index in [0.717, 1.165) is 16.7 Å². The summed E-state index contributed by atoms with van der Waals surface area (Å²) >= 11 is 6.50. The molecule has 3 atom stereocenters. The van der Waals surface area contributed by atoms with Gasteiger partial charge in [-0.2, -0.15) is 0 Å². The number of aryl methyl sites for hydroxylation is 2. The van der Waals surface area contributed by atoms with Gasteiger partial charge in [0.05, 0.1) is 10.7 Å². The molecule has 2 aromatic carbocycles. The molecular weight excluding hydrogens is 538 g/mol. The van der Waals surface area contributed by atoms with Crippen LogP contribution in [0.5, 0.6) is 0 Å². The molecule has 0 heterocycles. The van der Waals surface area contributed by atoms with E-state index in [0.29, 0.717) is 29.1 Å². The number of nitrogens with one attached hydrogen (secondary N) is 2. The smallest absolute Gasteiger partial charge is 0.408 e. The first-order valence-corrected chi connectivity index (χ1v) is 14.8. The van der Waals surface area contributed by atoms with Gasteiger partial charge in [-0.1, -0.05) is 69.1 Å². The molecule has 0 fully saturated rings. The SMILES string of the molecule is CCC(C)C(NC(=O)OC(C)(C)C)C(=O)N(C(C(=O)Nc1c(C)cccc1Cl)c1cccc(C)c1C)C(C)(C)CC. The lowest BCUT2D eigenvalue weighted by Gasteiger charge is -2.45. The van der Waals surface area contributed by atoms with Crippen molar-refractivity contribution < 1.29 is 19.1 Å². The summed E-state index contributed by atoms with van der Waals surface area (Å²) in [6.07, 6.45) is 0.522. The summed E-state index contributed by atoms with van der Waals surface area (Å²) < 4.78 is 5.52. The molecule has 0 aliphatic rings. The van der Waals surface area contributed by atoms with Crippen molar-refractivity contribution in [1.82, 2.24) is 10.2 Å². The zero-order chi connectivity index (χ0) is 31.3. The first-order chi connectivity index (χ1) is 18.9. The third kappa shape index (κ3) is 8.48. The van der Waals surface area contributed by atoms with Crippen molar-refractivity contribution in [2.24, 2.45) is 5.92 Å². The summed E-state index contributed by atoms with van der Waals surface area (Å²) in [7, 11) is 0. The summed E-state index contributed by atoms with van der Waals surface area (Å²) in [5.74, 6) is -0.961. The van der Waals surface area contributed by atoms with Gasteiger partial charge in [-0.25, -0.2) is 4.79 Å². The van der Waals surface area contributed by atoms with Gasteiger partial charge in [-0.3, -0.25) is 9.59 Å². The highest BCUT2D eigenvalue weighted by molar-refractivity contribution is 6.34. The molecule has 2 N–H and O–H groups in total. The van der Waals surface area contributed by atoms with Crippen LogP contribution in [-0.4, -0.2) is 40.0 Å². The van der Waals surface area contributed by atoms with Gasteiger partial charge in [0.25, 0.3) is 5.91 Å². The van der Waals surface area contributed by atoms with Gasteiger partial charge in [0.1, 0.15) is 17.7 Å². The van der Waals surface area contributed by atoms with Crippen molar-refractivity contribution in [2.45, 2.75) is 112 Å². The van der Waals surface area contributed by atoms with E-state index in [4.69, 9.17) is 16.3 Å². The molecule has 0 spiro atoms. The number of carbonyl (C=O) groups excluding carboxylic acids is 3. The molecule has 0 radical (unpaired) electrons. The molecule has 8 heteroatoms. The fraction of sp³-hybridized carbons (Fsp3) is 0.545. The molecule has 0 saturated heterocycles. The Bertz CT molecular complexity index is 1230. The molecule has 41 heavy (non-hydrogen) atoms. The predicted octanol–water partition coefficient (Wildman–Crippen LogP) is 7.90. The lowest BCUT2D eigenvalue weighted by atomic mass is 9.87. The highest BCUT2D eigenvalue weighted by Gasteiger charge is 2.45. The minimum atomic E-state index is -1.000. The molecule has 2 rings (SSSR count). The van der Waals surface area contributed by atoms with Gasteiger partial charge in [0.15, 0.2) is 0 Å². The molecule has 226 valence electrons. The van der Waals surface area contributed by atoms with Crippen LogP contribution in [0.2, 0.25) is 5.02 Å². The van der Waals surface area contributed by atoms with Gasteiger partial charge >= 0.3 is 6.09 Å². The molecule has 0 aliphatic heterocycles. The predicted molar refractivity (Wildman–Crippen MR) is 167 cm³/mol. The number of alkyl carbamates (subject to hydrolysis) is 1. The number of rotatable bonds is 10. The number of amides is 3. The molecule has 0 aliphatic carbocycles. The monoisotopic (exact) mass is 585 g/mol. The number of nitrogens with zero attached hydrogens (tertiary/aromatic N) is 1. The Kier molecular flexibility index (Phi) is 11.4.